The lowest BCUT2D eigenvalue weighted by Gasteiger charge is -2.11. The van der Waals surface area contributed by atoms with E-state index in [-0.39, 0.29) is 44.4 Å². The molecule has 0 aliphatic rings. The largest absolute Gasteiger partial charge is 0.506 e. The molecule has 6 rings (SSSR count). The minimum Gasteiger partial charge on any atom is -0.506 e. The number of rotatable bonds is 7. The molecule has 6 aromatic carbocycles. The number of phenols is 2. The quantitative estimate of drug-likeness (QED) is 0.0823. The molecule has 15 nitrogen and oxygen atoms in total. The second-order valence-corrected chi connectivity index (χ2v) is 14.4. The standard InChI is InChI=1S/C30H20N4O11S3/c35-24-12-9-16-5-1-2-6-19(16)27(24)32-33-28-22-8-4-3-7-21(22)23(15-25(28)47(40,41)42)31-34-29-20-11-10-18(46(37,38)39)13-17(20)14-26(30(29)36)48(43,44)45/h1-15,35-36H,(H,37,38,39)(H,40,41,42)(H,43,44,45). The first-order chi connectivity index (χ1) is 22.5. The number of nitrogens with zero attached hydrogens (tertiary/aromatic N) is 4. The van der Waals surface area contributed by atoms with Crippen LogP contribution in [0.2, 0.25) is 0 Å². The Labute approximate surface area is 271 Å². The molecule has 18 heteroatoms. The average Bonchev–Trinajstić information content (AvgIpc) is 3.02. The number of fused-ring (bicyclic) bond motifs is 3. The Morgan fingerprint density at radius 3 is 1.71 bits per heavy atom. The third-order valence-corrected chi connectivity index (χ3v) is 9.81. The Morgan fingerprint density at radius 2 is 1.04 bits per heavy atom. The van der Waals surface area contributed by atoms with E-state index in [1.165, 1.54) is 24.3 Å². The molecule has 0 aliphatic carbocycles. The molecule has 244 valence electrons. The number of benzene rings is 6. The van der Waals surface area contributed by atoms with E-state index in [1.54, 1.807) is 36.4 Å². The Morgan fingerprint density at radius 1 is 0.458 bits per heavy atom. The molecule has 0 heterocycles. The third kappa shape index (κ3) is 6.06. The van der Waals surface area contributed by atoms with Crippen molar-refractivity contribution in [2.24, 2.45) is 20.5 Å². The average molecular weight is 709 g/mol. The molecule has 0 unspecified atom stereocenters. The monoisotopic (exact) mass is 708 g/mol. The molecule has 0 atom stereocenters. The van der Waals surface area contributed by atoms with Crippen molar-refractivity contribution >= 4 is 85.4 Å². The maximum absolute atomic E-state index is 12.6. The molecule has 0 aliphatic heterocycles. The van der Waals surface area contributed by atoms with E-state index >= 15 is 0 Å². The minimum atomic E-state index is -5.11. The summed E-state index contributed by atoms with van der Waals surface area (Å²) in [5.41, 5.74) is -1.08. The second kappa shape index (κ2) is 11.7. The van der Waals surface area contributed by atoms with Crippen LogP contribution in [0.25, 0.3) is 32.3 Å². The highest BCUT2D eigenvalue weighted by Gasteiger charge is 2.24. The summed E-state index contributed by atoms with van der Waals surface area (Å²) in [5.74, 6) is -1.32. The van der Waals surface area contributed by atoms with Crippen molar-refractivity contribution in [3.63, 3.8) is 0 Å². The van der Waals surface area contributed by atoms with Crippen molar-refractivity contribution in [3.8, 4) is 11.5 Å². The van der Waals surface area contributed by atoms with Crippen molar-refractivity contribution in [2.45, 2.75) is 14.7 Å². The molecule has 0 aromatic heterocycles. The molecule has 5 N–H and O–H groups in total. The Kier molecular flexibility index (Phi) is 7.94. The van der Waals surface area contributed by atoms with E-state index in [0.717, 1.165) is 30.3 Å². The smallest absolute Gasteiger partial charge is 0.298 e. The fourth-order valence-electron chi connectivity index (χ4n) is 5.04. The van der Waals surface area contributed by atoms with Gasteiger partial charge in [-0.3, -0.25) is 13.7 Å². The zero-order valence-corrected chi connectivity index (χ0v) is 26.3. The van der Waals surface area contributed by atoms with Crippen LogP contribution in [0.3, 0.4) is 0 Å². The van der Waals surface area contributed by atoms with Crippen LogP contribution in [0.4, 0.5) is 22.7 Å². The van der Waals surface area contributed by atoms with Crippen molar-refractivity contribution < 1.29 is 49.1 Å². The molecule has 0 radical (unpaired) electrons. The molecular formula is C30H20N4O11S3. The number of hydrogen-bond acceptors (Lipinski definition) is 12. The highest BCUT2D eigenvalue weighted by molar-refractivity contribution is 7.86. The van der Waals surface area contributed by atoms with Crippen molar-refractivity contribution in [1.29, 1.82) is 0 Å². The maximum atomic E-state index is 12.6. The number of aromatic hydroxyl groups is 2. The molecule has 0 spiro atoms. The molecule has 0 saturated carbocycles. The Balaban J connectivity index is 1.58. The van der Waals surface area contributed by atoms with Crippen molar-refractivity contribution in [3.05, 3.63) is 91.0 Å². The predicted octanol–water partition coefficient (Wildman–Crippen LogP) is 7.13. The van der Waals surface area contributed by atoms with Gasteiger partial charge in [-0.15, -0.1) is 20.5 Å². The van der Waals surface area contributed by atoms with E-state index in [1.807, 2.05) is 0 Å². The van der Waals surface area contributed by atoms with Gasteiger partial charge < -0.3 is 10.2 Å². The lowest BCUT2D eigenvalue weighted by Crippen LogP contribution is -2.00. The number of hydrogen-bond donors (Lipinski definition) is 5. The maximum Gasteiger partial charge on any atom is 0.298 e. The summed E-state index contributed by atoms with van der Waals surface area (Å²) in [6, 6.07) is 20.6. The highest BCUT2D eigenvalue weighted by Crippen LogP contribution is 2.45. The van der Waals surface area contributed by atoms with Crippen LogP contribution in [0.5, 0.6) is 11.5 Å². The molecule has 48 heavy (non-hydrogen) atoms. The summed E-state index contributed by atoms with van der Waals surface area (Å²) in [6.45, 7) is 0. The normalized spacial score (nSPS) is 13.0. The minimum absolute atomic E-state index is 0.0282. The van der Waals surface area contributed by atoms with Crippen LogP contribution in [-0.2, 0) is 30.4 Å². The fourth-order valence-corrected chi connectivity index (χ4v) is 6.83. The Bertz CT molecular complexity index is 2730. The van der Waals surface area contributed by atoms with Gasteiger partial charge in [-0.1, -0.05) is 60.7 Å². The van der Waals surface area contributed by atoms with Crippen LogP contribution >= 0.6 is 0 Å². The van der Waals surface area contributed by atoms with E-state index in [2.05, 4.69) is 20.5 Å². The topological polar surface area (TPSA) is 253 Å². The summed E-state index contributed by atoms with van der Waals surface area (Å²) in [6.07, 6.45) is 0. The highest BCUT2D eigenvalue weighted by atomic mass is 32.2. The lowest BCUT2D eigenvalue weighted by molar-refractivity contribution is 0.445. The zero-order chi connectivity index (χ0) is 34.6. The summed E-state index contributed by atoms with van der Waals surface area (Å²) in [7, 11) is -14.9. The first kappa shape index (κ1) is 32.6. The van der Waals surface area contributed by atoms with Crippen LogP contribution in [0, 0.1) is 0 Å². The molecule has 6 aromatic rings. The van der Waals surface area contributed by atoms with Gasteiger partial charge in [0.2, 0.25) is 0 Å². The van der Waals surface area contributed by atoms with Gasteiger partial charge in [0.25, 0.3) is 30.4 Å². The van der Waals surface area contributed by atoms with E-state index < -0.39 is 56.5 Å². The van der Waals surface area contributed by atoms with Gasteiger partial charge in [0.05, 0.1) is 10.6 Å². The molecule has 0 saturated heterocycles. The summed E-state index contributed by atoms with van der Waals surface area (Å²) < 4.78 is 102. The van der Waals surface area contributed by atoms with Gasteiger partial charge in [-0.25, -0.2) is 0 Å². The van der Waals surface area contributed by atoms with Gasteiger partial charge >= 0.3 is 0 Å². The van der Waals surface area contributed by atoms with E-state index in [4.69, 9.17) is 0 Å². The van der Waals surface area contributed by atoms with Gasteiger partial charge in [-0.2, -0.15) is 25.3 Å². The molecular weight excluding hydrogens is 689 g/mol. The molecule has 0 amide bonds. The summed E-state index contributed by atoms with van der Waals surface area (Å²) in [4.78, 5) is -2.46. The number of phenolic OH excluding ortho intramolecular Hbond substituents is 2. The van der Waals surface area contributed by atoms with E-state index in [9.17, 15) is 49.1 Å². The van der Waals surface area contributed by atoms with Crippen LogP contribution in [-0.4, -0.2) is 49.1 Å². The van der Waals surface area contributed by atoms with Crippen LogP contribution in [0.15, 0.2) is 126 Å². The molecule has 0 fully saturated rings. The zero-order valence-electron chi connectivity index (χ0n) is 23.9. The van der Waals surface area contributed by atoms with E-state index in [0.29, 0.717) is 10.8 Å². The SMILES string of the molecule is O=S(=O)(O)c1ccc2c(N=Nc3cc(S(=O)(=O)O)c(N=Nc4c(O)ccc5ccccc45)c4ccccc34)c(O)c(S(=O)(=O)O)cc2c1. The van der Waals surface area contributed by atoms with Gasteiger partial charge in [0, 0.05) is 21.5 Å². The van der Waals surface area contributed by atoms with Crippen LogP contribution < -0.4 is 0 Å². The first-order valence-corrected chi connectivity index (χ1v) is 17.7. The summed E-state index contributed by atoms with van der Waals surface area (Å²) in [5, 5.41) is 38.8. The van der Waals surface area contributed by atoms with Gasteiger partial charge in [-0.05, 0) is 41.1 Å². The molecule has 0 bridgehead atoms. The lowest BCUT2D eigenvalue weighted by atomic mass is 10.1. The van der Waals surface area contributed by atoms with Crippen molar-refractivity contribution in [1.82, 2.24) is 0 Å². The first-order valence-electron chi connectivity index (χ1n) is 13.4. The summed E-state index contributed by atoms with van der Waals surface area (Å²) >= 11 is 0. The fraction of sp³-hybridized carbons (Fsp3) is 0. The van der Waals surface area contributed by atoms with Gasteiger partial charge in [0.15, 0.2) is 5.75 Å². The predicted molar refractivity (Wildman–Crippen MR) is 173 cm³/mol. The number of azo groups is 2. The van der Waals surface area contributed by atoms with Crippen molar-refractivity contribution in [2.75, 3.05) is 0 Å². The van der Waals surface area contributed by atoms with Gasteiger partial charge in [0.1, 0.15) is 32.6 Å². The second-order valence-electron chi connectivity index (χ2n) is 10.2. The Hall–Kier alpha value is -5.37. The van der Waals surface area contributed by atoms with Crippen LogP contribution in [0.1, 0.15) is 0 Å². The third-order valence-electron chi connectivity index (χ3n) is 7.22.